The van der Waals surface area contributed by atoms with Crippen molar-refractivity contribution in [1.82, 2.24) is 14.5 Å². The molecule has 0 amide bonds. The first-order chi connectivity index (χ1) is 14.2. The fourth-order valence-corrected chi connectivity index (χ4v) is 4.09. The number of aryl methyl sites for hydroxylation is 1. The quantitative estimate of drug-likeness (QED) is 0.256. The molecule has 5 nitrogen and oxygen atoms in total. The molecule has 0 fully saturated rings. The standard InChI is InChI=1S/C23H21N3O2S/c1-3-28-20(27)14-29-23-21-19(17-9-5-4-6-10-17)13-26(22(21)24-15-25-23)18-11-7-8-16(2)12-18/h4-13,15H,3,14H2,1-2H3. The second-order valence-electron chi connectivity index (χ2n) is 6.59. The molecule has 0 unspecified atom stereocenters. The van der Waals surface area contributed by atoms with E-state index in [-0.39, 0.29) is 11.7 Å². The van der Waals surface area contributed by atoms with Crippen molar-refractivity contribution in [3.63, 3.8) is 0 Å². The lowest BCUT2D eigenvalue weighted by Crippen LogP contribution is -2.06. The van der Waals surface area contributed by atoms with Crippen LogP contribution in [0.4, 0.5) is 0 Å². The summed E-state index contributed by atoms with van der Waals surface area (Å²) >= 11 is 1.38. The van der Waals surface area contributed by atoms with Crippen molar-refractivity contribution < 1.29 is 9.53 Å². The Morgan fingerprint density at radius 3 is 2.69 bits per heavy atom. The predicted molar refractivity (Wildman–Crippen MR) is 116 cm³/mol. The summed E-state index contributed by atoms with van der Waals surface area (Å²) in [5, 5.41) is 1.71. The number of hydrogen-bond acceptors (Lipinski definition) is 5. The third-order valence-corrected chi connectivity index (χ3v) is 5.51. The van der Waals surface area contributed by atoms with Crippen LogP contribution in [0.3, 0.4) is 0 Å². The summed E-state index contributed by atoms with van der Waals surface area (Å²) in [4.78, 5) is 20.9. The zero-order valence-electron chi connectivity index (χ0n) is 16.3. The summed E-state index contributed by atoms with van der Waals surface area (Å²) < 4.78 is 7.15. The van der Waals surface area contributed by atoms with Gasteiger partial charge in [0.2, 0.25) is 0 Å². The Labute approximate surface area is 173 Å². The highest BCUT2D eigenvalue weighted by Gasteiger charge is 2.18. The maximum Gasteiger partial charge on any atom is 0.316 e. The van der Waals surface area contributed by atoms with E-state index in [1.165, 1.54) is 17.3 Å². The van der Waals surface area contributed by atoms with E-state index in [4.69, 9.17) is 4.74 Å². The van der Waals surface area contributed by atoms with E-state index in [1.807, 2.05) is 24.3 Å². The van der Waals surface area contributed by atoms with Crippen LogP contribution < -0.4 is 0 Å². The Morgan fingerprint density at radius 2 is 1.93 bits per heavy atom. The molecule has 0 bridgehead atoms. The highest BCUT2D eigenvalue weighted by atomic mass is 32.2. The first kappa shape index (κ1) is 19.2. The largest absolute Gasteiger partial charge is 0.465 e. The first-order valence-corrected chi connectivity index (χ1v) is 10.4. The van der Waals surface area contributed by atoms with Crippen molar-refractivity contribution in [1.29, 1.82) is 0 Å². The van der Waals surface area contributed by atoms with Gasteiger partial charge < -0.3 is 9.30 Å². The van der Waals surface area contributed by atoms with E-state index in [0.29, 0.717) is 6.61 Å². The number of thioether (sulfide) groups is 1. The molecule has 0 aliphatic rings. The number of ether oxygens (including phenoxy) is 1. The molecule has 0 aliphatic heterocycles. The summed E-state index contributed by atoms with van der Waals surface area (Å²) in [6, 6.07) is 18.5. The molecule has 0 saturated carbocycles. The highest BCUT2D eigenvalue weighted by Crippen LogP contribution is 2.36. The van der Waals surface area contributed by atoms with Crippen molar-refractivity contribution >= 4 is 28.8 Å². The Hall–Kier alpha value is -3.12. The summed E-state index contributed by atoms with van der Waals surface area (Å²) in [5.74, 6) is -0.0345. The third kappa shape index (κ3) is 4.03. The van der Waals surface area contributed by atoms with Gasteiger partial charge >= 0.3 is 5.97 Å². The van der Waals surface area contributed by atoms with E-state index in [2.05, 4.69) is 58.0 Å². The van der Waals surface area contributed by atoms with Crippen molar-refractivity contribution in [3.05, 3.63) is 72.7 Å². The van der Waals surface area contributed by atoms with Gasteiger partial charge in [0.25, 0.3) is 0 Å². The van der Waals surface area contributed by atoms with Gasteiger partial charge in [-0.15, -0.1) is 0 Å². The van der Waals surface area contributed by atoms with Crippen LogP contribution in [0.5, 0.6) is 0 Å². The number of nitrogens with zero attached hydrogens (tertiary/aromatic N) is 3. The molecule has 2 aromatic carbocycles. The molecule has 4 rings (SSSR count). The molecule has 2 heterocycles. The van der Waals surface area contributed by atoms with Crippen LogP contribution in [0.25, 0.3) is 27.8 Å². The minimum atomic E-state index is -0.247. The summed E-state index contributed by atoms with van der Waals surface area (Å²) in [6.07, 6.45) is 3.65. The van der Waals surface area contributed by atoms with Gasteiger partial charge in [0.1, 0.15) is 17.0 Å². The highest BCUT2D eigenvalue weighted by molar-refractivity contribution is 8.00. The lowest BCUT2D eigenvalue weighted by Gasteiger charge is -2.07. The third-order valence-electron chi connectivity index (χ3n) is 4.54. The monoisotopic (exact) mass is 403 g/mol. The lowest BCUT2D eigenvalue weighted by molar-refractivity contribution is -0.139. The second-order valence-corrected chi connectivity index (χ2v) is 7.55. The second kappa shape index (κ2) is 8.49. The molecule has 0 aliphatic carbocycles. The molecule has 0 spiro atoms. The van der Waals surface area contributed by atoms with E-state index >= 15 is 0 Å². The zero-order valence-corrected chi connectivity index (χ0v) is 17.1. The maximum absolute atomic E-state index is 11.9. The van der Waals surface area contributed by atoms with Crippen LogP contribution in [0, 0.1) is 6.92 Å². The maximum atomic E-state index is 11.9. The molecule has 0 N–H and O–H groups in total. The van der Waals surface area contributed by atoms with Crippen LogP contribution in [0.15, 0.2) is 72.1 Å². The predicted octanol–water partition coefficient (Wildman–Crippen LogP) is 5.05. The van der Waals surface area contributed by atoms with Gasteiger partial charge in [-0.1, -0.05) is 54.2 Å². The van der Waals surface area contributed by atoms with E-state index in [9.17, 15) is 4.79 Å². The van der Waals surface area contributed by atoms with Crippen molar-refractivity contribution in [3.8, 4) is 16.8 Å². The van der Waals surface area contributed by atoms with E-state index < -0.39 is 0 Å². The van der Waals surface area contributed by atoms with Crippen LogP contribution in [0.1, 0.15) is 12.5 Å². The average Bonchev–Trinajstić information content (AvgIpc) is 3.13. The number of hydrogen-bond donors (Lipinski definition) is 0. The normalized spacial score (nSPS) is 11.0. The van der Waals surface area contributed by atoms with Gasteiger partial charge in [-0.05, 0) is 37.1 Å². The van der Waals surface area contributed by atoms with Gasteiger partial charge in [0.05, 0.1) is 17.7 Å². The Bertz CT molecular complexity index is 1160. The Kier molecular flexibility index (Phi) is 5.62. The topological polar surface area (TPSA) is 57.0 Å². The minimum Gasteiger partial charge on any atom is -0.465 e. The lowest BCUT2D eigenvalue weighted by atomic mass is 10.1. The van der Waals surface area contributed by atoms with Crippen LogP contribution in [-0.2, 0) is 9.53 Å². The number of benzene rings is 2. The summed E-state index contributed by atoms with van der Waals surface area (Å²) in [5.41, 5.74) is 5.15. The molecule has 0 radical (unpaired) electrons. The van der Waals surface area contributed by atoms with Crippen molar-refractivity contribution in [2.75, 3.05) is 12.4 Å². The van der Waals surface area contributed by atoms with Crippen LogP contribution in [-0.4, -0.2) is 32.9 Å². The fraction of sp³-hybridized carbons (Fsp3) is 0.174. The Morgan fingerprint density at radius 1 is 1.10 bits per heavy atom. The molecule has 6 heteroatoms. The van der Waals surface area contributed by atoms with Crippen LogP contribution in [0.2, 0.25) is 0 Å². The average molecular weight is 404 g/mol. The number of carbonyl (C=O) groups excluding carboxylic acids is 1. The molecule has 146 valence electrons. The van der Waals surface area contributed by atoms with Crippen LogP contribution >= 0.6 is 11.8 Å². The molecular weight excluding hydrogens is 382 g/mol. The van der Waals surface area contributed by atoms with E-state index in [0.717, 1.165) is 32.9 Å². The summed E-state index contributed by atoms with van der Waals surface area (Å²) in [6.45, 7) is 4.25. The fourth-order valence-electron chi connectivity index (χ4n) is 3.28. The SMILES string of the molecule is CCOC(=O)CSc1ncnc2c1c(-c1ccccc1)cn2-c1cccc(C)c1. The van der Waals surface area contributed by atoms with Crippen molar-refractivity contribution in [2.45, 2.75) is 18.9 Å². The Balaban J connectivity index is 1.88. The molecule has 0 saturated heterocycles. The van der Waals surface area contributed by atoms with Gasteiger partial charge in [-0.3, -0.25) is 4.79 Å². The van der Waals surface area contributed by atoms with Crippen molar-refractivity contribution in [2.24, 2.45) is 0 Å². The van der Waals surface area contributed by atoms with E-state index in [1.54, 1.807) is 13.3 Å². The number of esters is 1. The molecule has 2 aromatic heterocycles. The number of fused-ring (bicyclic) bond motifs is 1. The van der Waals surface area contributed by atoms with Gasteiger partial charge in [0, 0.05) is 17.4 Å². The number of aromatic nitrogens is 3. The number of carbonyl (C=O) groups is 1. The molecule has 4 aromatic rings. The zero-order chi connectivity index (χ0) is 20.2. The first-order valence-electron chi connectivity index (χ1n) is 9.44. The van der Waals surface area contributed by atoms with Gasteiger partial charge in [-0.25, -0.2) is 9.97 Å². The molecular formula is C23H21N3O2S. The molecule has 29 heavy (non-hydrogen) atoms. The minimum absolute atomic E-state index is 0.212. The number of rotatable bonds is 6. The van der Waals surface area contributed by atoms with Gasteiger partial charge in [-0.2, -0.15) is 0 Å². The molecule has 0 atom stereocenters. The smallest absolute Gasteiger partial charge is 0.316 e. The van der Waals surface area contributed by atoms with Gasteiger partial charge in [0.15, 0.2) is 0 Å². The summed E-state index contributed by atoms with van der Waals surface area (Å²) in [7, 11) is 0.